The van der Waals surface area contributed by atoms with Crippen molar-refractivity contribution in [3.63, 3.8) is 0 Å². The van der Waals surface area contributed by atoms with E-state index in [1.54, 1.807) is 17.3 Å². The number of halogens is 1. The van der Waals surface area contributed by atoms with Gasteiger partial charge < -0.3 is 4.90 Å². The average Bonchev–Trinajstić information content (AvgIpc) is 2.23. The summed E-state index contributed by atoms with van der Waals surface area (Å²) in [6.07, 6.45) is 4.62. The number of hydrogen-bond acceptors (Lipinski definition) is 4. The van der Waals surface area contributed by atoms with Crippen molar-refractivity contribution in [2.75, 3.05) is 26.6 Å². The highest BCUT2D eigenvalue weighted by Gasteiger charge is 2.09. The zero-order valence-corrected chi connectivity index (χ0v) is 12.8. The molecule has 0 atom stereocenters. The first kappa shape index (κ1) is 15.5. The molecular weight excluding hydrogens is 284 g/mol. The third kappa shape index (κ3) is 4.89. The van der Waals surface area contributed by atoms with Crippen LogP contribution in [0.25, 0.3) is 0 Å². The molecule has 0 saturated heterocycles. The molecule has 0 saturated carbocycles. The topological polar surface area (TPSA) is 68.8 Å². The molecule has 1 aromatic carbocycles. The third-order valence-electron chi connectivity index (χ3n) is 1.92. The first-order chi connectivity index (χ1) is 8.73. The fourth-order valence-electron chi connectivity index (χ4n) is 1.27. The number of nitrogens with zero attached hydrogens (tertiary/aromatic N) is 4. The summed E-state index contributed by atoms with van der Waals surface area (Å²) in [5.74, 6) is 0. The fraction of sp³-hybridized carbons (Fsp3) is 0.333. The molecule has 0 unspecified atom stereocenters. The zero-order chi connectivity index (χ0) is 14.6. The number of nitriles is 1. The van der Waals surface area contributed by atoms with Crippen LogP contribution in [0.5, 0.6) is 0 Å². The van der Waals surface area contributed by atoms with Gasteiger partial charge in [0.25, 0.3) is 0 Å². The van der Waals surface area contributed by atoms with Gasteiger partial charge in [0.15, 0.2) is 0 Å². The Morgan fingerprint density at radius 3 is 2.53 bits per heavy atom. The smallest absolute Gasteiger partial charge is 0.103 e. The van der Waals surface area contributed by atoms with Crippen molar-refractivity contribution in [2.24, 2.45) is 9.36 Å². The minimum atomic E-state index is -2.29. The second-order valence-electron chi connectivity index (χ2n) is 4.41. The van der Waals surface area contributed by atoms with Gasteiger partial charge in [0.1, 0.15) is 6.07 Å². The van der Waals surface area contributed by atoms with Crippen LogP contribution in [0.1, 0.15) is 5.56 Å². The zero-order valence-electron chi connectivity index (χ0n) is 11.2. The molecule has 19 heavy (non-hydrogen) atoms. The van der Waals surface area contributed by atoms with Crippen molar-refractivity contribution >= 4 is 39.0 Å². The van der Waals surface area contributed by atoms with Crippen molar-refractivity contribution in [1.82, 2.24) is 4.90 Å². The van der Waals surface area contributed by atoms with Gasteiger partial charge >= 0.3 is 0 Å². The van der Waals surface area contributed by atoms with E-state index < -0.39 is 9.73 Å². The maximum atomic E-state index is 11.7. The highest BCUT2D eigenvalue weighted by atomic mass is 35.5. The summed E-state index contributed by atoms with van der Waals surface area (Å²) in [6, 6.07) is 5.11. The van der Waals surface area contributed by atoms with Crippen molar-refractivity contribution in [3.8, 4) is 6.07 Å². The molecule has 0 spiro atoms. The van der Waals surface area contributed by atoms with E-state index in [0.29, 0.717) is 11.4 Å². The molecule has 0 N–H and O–H groups in total. The van der Waals surface area contributed by atoms with Gasteiger partial charge in [-0.1, -0.05) is 11.6 Å². The van der Waals surface area contributed by atoms with E-state index in [4.69, 9.17) is 16.9 Å². The molecule has 1 aromatic rings. The summed E-state index contributed by atoms with van der Waals surface area (Å²) in [7, 11) is 1.34. The van der Waals surface area contributed by atoms with Gasteiger partial charge in [-0.25, -0.2) is 9.20 Å². The number of hydrogen-bond donors (Lipinski definition) is 0. The highest BCUT2D eigenvalue weighted by Crippen LogP contribution is 2.32. The normalized spacial score (nSPS) is 11.4. The Bertz CT molecular complexity index is 659. The molecule has 0 bridgehead atoms. The standard InChI is InChI=1S/C12H15ClN4OS/c1-17(2)8-15-12-6-9(16-19(3,4)18)5-11(13)10(12)7-14/h5-6,8H,1-4H3. The molecule has 7 heteroatoms. The van der Waals surface area contributed by atoms with Crippen molar-refractivity contribution in [3.05, 3.63) is 22.7 Å². The van der Waals surface area contributed by atoms with Crippen LogP contribution in [-0.4, -0.2) is 42.1 Å². The highest BCUT2D eigenvalue weighted by molar-refractivity contribution is 7.92. The lowest BCUT2D eigenvalue weighted by atomic mass is 10.2. The summed E-state index contributed by atoms with van der Waals surface area (Å²) < 4.78 is 15.7. The second-order valence-corrected chi connectivity index (χ2v) is 7.37. The molecule has 0 aliphatic carbocycles. The molecule has 0 aliphatic heterocycles. The molecule has 0 radical (unpaired) electrons. The monoisotopic (exact) mass is 298 g/mol. The molecule has 102 valence electrons. The Kier molecular flexibility index (Phi) is 4.92. The molecule has 0 aliphatic rings. The Hall–Kier alpha value is -1.58. The van der Waals surface area contributed by atoms with Crippen LogP contribution in [0, 0.1) is 11.3 Å². The van der Waals surface area contributed by atoms with E-state index in [1.807, 2.05) is 20.2 Å². The lowest BCUT2D eigenvalue weighted by molar-refractivity contribution is 0.643. The fourth-order valence-corrected chi connectivity index (χ4v) is 2.14. The minimum Gasteiger partial charge on any atom is -0.369 e. The number of benzene rings is 1. The van der Waals surface area contributed by atoms with E-state index in [9.17, 15) is 4.21 Å². The lowest BCUT2D eigenvalue weighted by Gasteiger charge is -2.06. The average molecular weight is 299 g/mol. The summed E-state index contributed by atoms with van der Waals surface area (Å²) in [6.45, 7) is 0. The lowest BCUT2D eigenvalue weighted by Crippen LogP contribution is -2.07. The van der Waals surface area contributed by atoms with Crippen LogP contribution >= 0.6 is 11.6 Å². The largest absolute Gasteiger partial charge is 0.369 e. The van der Waals surface area contributed by atoms with Crippen molar-refractivity contribution in [1.29, 1.82) is 5.26 Å². The molecular formula is C12H15ClN4OS. The maximum absolute atomic E-state index is 11.7. The summed E-state index contributed by atoms with van der Waals surface area (Å²) >= 11 is 6.02. The Morgan fingerprint density at radius 1 is 1.42 bits per heavy atom. The van der Waals surface area contributed by atoms with E-state index in [2.05, 4.69) is 9.36 Å². The van der Waals surface area contributed by atoms with Gasteiger partial charge in [0.2, 0.25) is 0 Å². The van der Waals surface area contributed by atoms with Crippen LogP contribution in [0.15, 0.2) is 21.5 Å². The van der Waals surface area contributed by atoms with E-state index in [1.165, 1.54) is 18.6 Å². The summed E-state index contributed by atoms with van der Waals surface area (Å²) in [5.41, 5.74) is 1.13. The first-order valence-corrected chi connectivity index (χ1v) is 8.05. The molecule has 0 aromatic heterocycles. The van der Waals surface area contributed by atoms with E-state index in [0.717, 1.165) is 0 Å². The molecule has 0 fully saturated rings. The molecule has 1 rings (SSSR count). The van der Waals surface area contributed by atoms with Crippen LogP contribution in [0.3, 0.4) is 0 Å². The van der Waals surface area contributed by atoms with Crippen LogP contribution in [-0.2, 0) is 9.73 Å². The van der Waals surface area contributed by atoms with Gasteiger partial charge in [-0.15, -0.1) is 0 Å². The van der Waals surface area contributed by atoms with Crippen LogP contribution < -0.4 is 0 Å². The maximum Gasteiger partial charge on any atom is 0.103 e. The molecule has 0 amide bonds. The van der Waals surface area contributed by atoms with Gasteiger partial charge in [-0.2, -0.15) is 9.62 Å². The minimum absolute atomic E-state index is 0.248. The van der Waals surface area contributed by atoms with E-state index in [-0.39, 0.29) is 10.6 Å². The Morgan fingerprint density at radius 2 is 2.05 bits per heavy atom. The number of aliphatic imine (C=N–C) groups is 1. The molecule has 5 nitrogen and oxygen atoms in total. The summed E-state index contributed by atoms with van der Waals surface area (Å²) in [5, 5.41) is 9.33. The quantitative estimate of drug-likeness (QED) is 0.636. The van der Waals surface area contributed by atoms with Crippen molar-refractivity contribution < 1.29 is 4.21 Å². The molecule has 0 heterocycles. The predicted molar refractivity (Wildman–Crippen MR) is 80.1 cm³/mol. The van der Waals surface area contributed by atoms with Crippen LogP contribution in [0.2, 0.25) is 5.02 Å². The first-order valence-electron chi connectivity index (χ1n) is 5.34. The SMILES string of the molecule is CN(C)C=Nc1cc(N=S(C)(C)=O)cc(Cl)c1C#N. The summed E-state index contributed by atoms with van der Waals surface area (Å²) in [4.78, 5) is 5.91. The predicted octanol–water partition coefficient (Wildman–Crippen LogP) is 2.79. The Balaban J connectivity index is 3.44. The van der Waals surface area contributed by atoms with Crippen molar-refractivity contribution in [2.45, 2.75) is 0 Å². The van der Waals surface area contributed by atoms with Gasteiger partial charge in [-0.3, -0.25) is 0 Å². The second kappa shape index (κ2) is 6.04. The van der Waals surface area contributed by atoms with Gasteiger partial charge in [0, 0.05) is 36.3 Å². The van der Waals surface area contributed by atoms with Gasteiger partial charge in [0.05, 0.1) is 28.3 Å². The third-order valence-corrected chi connectivity index (χ3v) is 2.87. The van der Waals surface area contributed by atoms with E-state index >= 15 is 0 Å². The Labute approximate surface area is 118 Å². The van der Waals surface area contributed by atoms with Gasteiger partial charge in [-0.05, 0) is 12.1 Å². The van der Waals surface area contributed by atoms with Crippen LogP contribution in [0.4, 0.5) is 11.4 Å². The number of rotatable bonds is 3.